The molecule has 104 valence electrons. The summed E-state index contributed by atoms with van der Waals surface area (Å²) in [5, 5.41) is 14.3. The summed E-state index contributed by atoms with van der Waals surface area (Å²) >= 11 is 7.22. The van der Waals surface area contributed by atoms with Crippen molar-refractivity contribution in [3.63, 3.8) is 0 Å². The average Bonchev–Trinajstić information content (AvgIpc) is 3.07. The van der Waals surface area contributed by atoms with Crippen LogP contribution in [0.4, 0.5) is 4.79 Å². The molecule has 0 aromatic carbocycles. The topological polar surface area (TPSA) is 78.4 Å². The molecular weight excluding hydrogens is 288 g/mol. The van der Waals surface area contributed by atoms with Gasteiger partial charge in [0.25, 0.3) is 0 Å². The van der Waals surface area contributed by atoms with Crippen LogP contribution in [-0.2, 0) is 4.79 Å². The maximum Gasteiger partial charge on any atom is 0.326 e. The zero-order valence-electron chi connectivity index (χ0n) is 10.4. The van der Waals surface area contributed by atoms with Crippen molar-refractivity contribution in [2.75, 3.05) is 0 Å². The second-order valence-electron chi connectivity index (χ2n) is 4.63. The Kier molecular flexibility index (Phi) is 4.31. The molecular formula is C12H15ClN2O3S. The first-order valence-corrected chi connectivity index (χ1v) is 7.22. The molecule has 2 amide bonds. The molecule has 2 unspecified atom stereocenters. The standard InChI is InChI=1S/C12H15ClN2O3S/c1-6(8-4-5-9(13)19-8)14-12(18)15-10(11(16)17)7-2-3-7/h4-7,10H,2-3H2,1H3,(H,16,17)(H2,14,15,18). The third-order valence-corrected chi connectivity index (χ3v) is 4.43. The molecule has 1 aromatic heterocycles. The fraction of sp³-hybridized carbons (Fsp3) is 0.500. The molecule has 0 radical (unpaired) electrons. The molecule has 3 N–H and O–H groups in total. The summed E-state index contributed by atoms with van der Waals surface area (Å²) in [6, 6.07) is 2.15. The van der Waals surface area contributed by atoms with Gasteiger partial charge in [0, 0.05) is 4.88 Å². The summed E-state index contributed by atoms with van der Waals surface area (Å²) in [4.78, 5) is 23.7. The van der Waals surface area contributed by atoms with Gasteiger partial charge in [-0.3, -0.25) is 0 Å². The van der Waals surface area contributed by atoms with Gasteiger partial charge in [-0.25, -0.2) is 9.59 Å². The number of aliphatic carboxylic acids is 1. The van der Waals surface area contributed by atoms with Crippen LogP contribution in [0.3, 0.4) is 0 Å². The highest BCUT2D eigenvalue weighted by Crippen LogP contribution is 2.32. The average molecular weight is 303 g/mol. The summed E-state index contributed by atoms with van der Waals surface area (Å²) < 4.78 is 0.658. The first kappa shape index (κ1) is 14.1. The third-order valence-electron chi connectivity index (χ3n) is 3.01. The van der Waals surface area contributed by atoms with Crippen LogP contribution in [-0.4, -0.2) is 23.1 Å². The van der Waals surface area contributed by atoms with Crippen molar-refractivity contribution in [2.45, 2.75) is 31.8 Å². The minimum absolute atomic E-state index is 0.0646. The van der Waals surface area contributed by atoms with Crippen LogP contribution in [0.5, 0.6) is 0 Å². The first-order valence-electron chi connectivity index (χ1n) is 6.02. The monoisotopic (exact) mass is 302 g/mol. The van der Waals surface area contributed by atoms with Crippen LogP contribution in [0, 0.1) is 5.92 Å². The van der Waals surface area contributed by atoms with Crippen LogP contribution >= 0.6 is 22.9 Å². The highest BCUT2D eigenvalue weighted by Gasteiger charge is 2.37. The van der Waals surface area contributed by atoms with Crippen molar-refractivity contribution in [3.05, 3.63) is 21.3 Å². The van der Waals surface area contributed by atoms with E-state index in [1.165, 1.54) is 11.3 Å². The number of urea groups is 1. The number of hydrogen-bond donors (Lipinski definition) is 3. The smallest absolute Gasteiger partial charge is 0.326 e. The first-order chi connectivity index (χ1) is 8.97. The highest BCUT2D eigenvalue weighted by atomic mass is 35.5. The van der Waals surface area contributed by atoms with Crippen molar-refractivity contribution in [2.24, 2.45) is 5.92 Å². The van der Waals surface area contributed by atoms with Gasteiger partial charge in [0.15, 0.2) is 0 Å². The minimum atomic E-state index is -0.982. The van der Waals surface area contributed by atoms with Crippen LogP contribution < -0.4 is 10.6 Å². The van der Waals surface area contributed by atoms with Crippen LogP contribution in [0.2, 0.25) is 4.34 Å². The normalized spacial score (nSPS) is 17.6. The van der Waals surface area contributed by atoms with E-state index in [1.807, 2.05) is 13.0 Å². The number of carbonyl (C=O) groups excluding carboxylic acids is 1. The number of carboxylic acid groups (broad SMARTS) is 1. The van der Waals surface area contributed by atoms with Crippen LogP contribution in [0.1, 0.15) is 30.7 Å². The maximum absolute atomic E-state index is 11.8. The van der Waals surface area contributed by atoms with Gasteiger partial charge in [-0.05, 0) is 37.8 Å². The van der Waals surface area contributed by atoms with Gasteiger partial charge in [-0.2, -0.15) is 0 Å². The molecule has 7 heteroatoms. The number of carboxylic acids is 1. The molecule has 1 aromatic rings. The SMILES string of the molecule is CC(NC(=O)NC(C(=O)O)C1CC1)c1ccc(Cl)s1. The Morgan fingerprint density at radius 1 is 1.42 bits per heavy atom. The predicted molar refractivity (Wildman–Crippen MR) is 73.6 cm³/mol. The molecule has 0 saturated heterocycles. The molecule has 1 fully saturated rings. The van der Waals surface area contributed by atoms with Crippen molar-refractivity contribution >= 4 is 34.9 Å². The number of nitrogens with one attached hydrogen (secondary N) is 2. The van der Waals surface area contributed by atoms with Crippen molar-refractivity contribution in [1.29, 1.82) is 0 Å². The van der Waals surface area contributed by atoms with Crippen molar-refractivity contribution in [3.8, 4) is 0 Å². The van der Waals surface area contributed by atoms with E-state index in [4.69, 9.17) is 16.7 Å². The van der Waals surface area contributed by atoms with E-state index in [2.05, 4.69) is 10.6 Å². The Balaban J connectivity index is 1.88. The Morgan fingerprint density at radius 3 is 2.58 bits per heavy atom. The summed E-state index contributed by atoms with van der Waals surface area (Å²) in [6.07, 6.45) is 1.71. The lowest BCUT2D eigenvalue weighted by Gasteiger charge is -2.17. The zero-order valence-corrected chi connectivity index (χ0v) is 11.9. The van der Waals surface area contributed by atoms with Crippen LogP contribution in [0.15, 0.2) is 12.1 Å². The molecule has 0 spiro atoms. The summed E-state index contributed by atoms with van der Waals surface area (Å²) in [6.45, 7) is 1.83. The molecule has 0 aliphatic heterocycles. The molecule has 1 saturated carbocycles. The van der Waals surface area contributed by atoms with E-state index in [0.29, 0.717) is 4.34 Å². The molecule has 0 bridgehead atoms. The van der Waals surface area contributed by atoms with E-state index in [1.54, 1.807) is 6.07 Å². The van der Waals surface area contributed by atoms with Gasteiger partial charge >= 0.3 is 12.0 Å². The molecule has 19 heavy (non-hydrogen) atoms. The van der Waals surface area contributed by atoms with E-state index in [0.717, 1.165) is 17.7 Å². The number of rotatable bonds is 5. The lowest BCUT2D eigenvalue weighted by Crippen LogP contribution is -2.47. The van der Waals surface area contributed by atoms with Gasteiger partial charge in [0.1, 0.15) is 6.04 Å². The predicted octanol–water partition coefficient (Wildman–Crippen LogP) is 2.62. The molecule has 5 nitrogen and oxygen atoms in total. The van der Waals surface area contributed by atoms with Gasteiger partial charge in [-0.1, -0.05) is 11.6 Å². The lowest BCUT2D eigenvalue weighted by molar-refractivity contribution is -0.139. The molecule has 1 aliphatic rings. The highest BCUT2D eigenvalue weighted by molar-refractivity contribution is 7.16. The second-order valence-corrected chi connectivity index (χ2v) is 6.38. The Hall–Kier alpha value is -1.27. The van der Waals surface area contributed by atoms with Crippen LogP contribution in [0.25, 0.3) is 0 Å². The number of halogens is 1. The minimum Gasteiger partial charge on any atom is -0.480 e. The molecule has 2 rings (SSSR count). The van der Waals surface area contributed by atoms with E-state index in [9.17, 15) is 9.59 Å². The number of amides is 2. The largest absolute Gasteiger partial charge is 0.480 e. The zero-order chi connectivity index (χ0) is 14.0. The Bertz CT molecular complexity index is 487. The maximum atomic E-state index is 11.8. The lowest BCUT2D eigenvalue weighted by atomic mass is 10.2. The summed E-state index contributed by atoms with van der Waals surface area (Å²) in [5.74, 6) is -0.917. The number of hydrogen-bond acceptors (Lipinski definition) is 3. The summed E-state index contributed by atoms with van der Waals surface area (Å²) in [5.41, 5.74) is 0. The van der Waals surface area contributed by atoms with Gasteiger partial charge in [0.05, 0.1) is 10.4 Å². The fourth-order valence-corrected chi connectivity index (χ4v) is 2.89. The van der Waals surface area contributed by atoms with Gasteiger partial charge in [-0.15, -0.1) is 11.3 Å². The van der Waals surface area contributed by atoms with Gasteiger partial charge in [0.2, 0.25) is 0 Å². The Morgan fingerprint density at radius 2 is 2.11 bits per heavy atom. The fourth-order valence-electron chi connectivity index (χ4n) is 1.82. The van der Waals surface area contributed by atoms with E-state index < -0.39 is 18.0 Å². The quantitative estimate of drug-likeness (QED) is 0.782. The second kappa shape index (κ2) is 5.79. The van der Waals surface area contributed by atoms with Crippen molar-refractivity contribution in [1.82, 2.24) is 10.6 Å². The Labute approximate surface area is 120 Å². The molecule has 2 atom stereocenters. The third kappa shape index (κ3) is 3.84. The van der Waals surface area contributed by atoms with Gasteiger partial charge < -0.3 is 15.7 Å². The molecule has 1 heterocycles. The number of carbonyl (C=O) groups is 2. The van der Waals surface area contributed by atoms with E-state index >= 15 is 0 Å². The van der Waals surface area contributed by atoms with Crippen molar-refractivity contribution < 1.29 is 14.7 Å². The van der Waals surface area contributed by atoms with E-state index in [-0.39, 0.29) is 12.0 Å². The molecule has 1 aliphatic carbocycles. The number of thiophene rings is 1. The summed E-state index contributed by atoms with van der Waals surface area (Å²) in [7, 11) is 0.